The smallest absolute Gasteiger partial charge is 0.244 e. The minimum atomic E-state index is -1.01. The van der Waals surface area contributed by atoms with Crippen molar-refractivity contribution in [3.8, 4) is 0 Å². The van der Waals surface area contributed by atoms with Gasteiger partial charge in [0.2, 0.25) is 29.5 Å². The van der Waals surface area contributed by atoms with Gasteiger partial charge in [-0.05, 0) is 56.4 Å². The van der Waals surface area contributed by atoms with Crippen molar-refractivity contribution in [2.24, 2.45) is 5.92 Å². The molecular formula is C41H55N6O7+. The topological polar surface area (TPSA) is 207 Å². The van der Waals surface area contributed by atoms with Crippen LogP contribution >= 0.6 is 0 Å². The summed E-state index contributed by atoms with van der Waals surface area (Å²) in [4.78, 5) is 91.8. The lowest BCUT2D eigenvalue weighted by atomic mass is 9.84. The van der Waals surface area contributed by atoms with Gasteiger partial charge in [-0.2, -0.15) is 0 Å². The Hall–Kier alpha value is -5.17. The van der Waals surface area contributed by atoms with Gasteiger partial charge in [-0.25, -0.2) is 0 Å². The Morgan fingerprint density at radius 1 is 0.667 bits per heavy atom. The predicted octanol–water partition coefficient (Wildman–Crippen LogP) is 1.84. The van der Waals surface area contributed by atoms with Gasteiger partial charge in [-0.15, -0.1) is 0 Å². The fourth-order valence-corrected chi connectivity index (χ4v) is 6.92. The van der Waals surface area contributed by atoms with Crippen molar-refractivity contribution >= 4 is 41.6 Å². The molecule has 4 rings (SSSR count). The van der Waals surface area contributed by atoms with Gasteiger partial charge >= 0.3 is 0 Å². The maximum absolute atomic E-state index is 14.2. The Morgan fingerprint density at radius 2 is 1.30 bits per heavy atom. The minimum Gasteiger partial charge on any atom is -0.358 e. The first-order valence-electron chi connectivity index (χ1n) is 19.3. The van der Waals surface area contributed by atoms with Crippen molar-refractivity contribution in [3.63, 3.8) is 0 Å². The van der Waals surface area contributed by atoms with Crippen LogP contribution in [0, 0.1) is 5.92 Å². The van der Waals surface area contributed by atoms with E-state index in [-0.39, 0.29) is 31.1 Å². The van der Waals surface area contributed by atoms with E-state index in [9.17, 15) is 33.6 Å². The molecular weight excluding hydrogens is 688 g/mol. The summed E-state index contributed by atoms with van der Waals surface area (Å²) in [6, 6.07) is 12.1. The number of nitrogens with one attached hydrogen (secondary N) is 5. The first-order chi connectivity index (χ1) is 26.2. The van der Waals surface area contributed by atoms with Crippen LogP contribution < -0.4 is 32.3 Å². The molecule has 290 valence electrons. The fraction of sp³-hybridized carbons (Fsp3) is 0.488. The van der Waals surface area contributed by atoms with Crippen LogP contribution in [0.4, 0.5) is 0 Å². The van der Waals surface area contributed by atoms with Crippen molar-refractivity contribution < 1.29 is 39.3 Å². The van der Waals surface area contributed by atoms with Crippen molar-refractivity contribution in [1.29, 1.82) is 0 Å². The number of benzene rings is 2. The lowest BCUT2D eigenvalue weighted by molar-refractivity contribution is -0.368. The Balaban J connectivity index is 1.60. The van der Waals surface area contributed by atoms with Gasteiger partial charge in [0.05, 0.1) is 12.6 Å². The maximum atomic E-state index is 14.2. The zero-order valence-electron chi connectivity index (χ0n) is 31.0. The predicted molar refractivity (Wildman–Crippen MR) is 203 cm³/mol. The Morgan fingerprint density at radius 3 is 1.98 bits per heavy atom. The molecule has 0 radical (unpaired) electrons. The van der Waals surface area contributed by atoms with E-state index < -0.39 is 53.7 Å². The van der Waals surface area contributed by atoms with Crippen LogP contribution in [0.1, 0.15) is 98.5 Å². The summed E-state index contributed by atoms with van der Waals surface area (Å²) in [5.74, 6) is -2.72. The molecule has 4 atom stereocenters. The summed E-state index contributed by atoms with van der Waals surface area (Å²) < 4.78 is 0. The largest absolute Gasteiger partial charge is 0.358 e. The van der Waals surface area contributed by atoms with Gasteiger partial charge in [0.15, 0.2) is 5.78 Å². The molecule has 5 amide bonds. The second-order valence-corrected chi connectivity index (χ2v) is 14.2. The third-order valence-electron chi connectivity index (χ3n) is 10.00. The van der Waals surface area contributed by atoms with Crippen LogP contribution in [0.2, 0.25) is 0 Å². The van der Waals surface area contributed by atoms with E-state index in [1.54, 1.807) is 48.5 Å². The van der Waals surface area contributed by atoms with Gasteiger partial charge in [0.1, 0.15) is 24.4 Å². The van der Waals surface area contributed by atoms with E-state index >= 15 is 0 Å². The molecule has 1 aliphatic heterocycles. The number of rotatable bonds is 11. The quantitative estimate of drug-likeness (QED) is 0.114. The molecule has 8 N–H and O–H groups in total. The molecule has 13 nitrogen and oxygen atoms in total. The summed E-state index contributed by atoms with van der Waals surface area (Å²) in [6.45, 7) is 0.898. The van der Waals surface area contributed by atoms with Gasteiger partial charge < -0.3 is 37.1 Å². The summed E-state index contributed by atoms with van der Waals surface area (Å²) in [6.07, 6.45) is 11.1. The monoisotopic (exact) mass is 743 g/mol. The maximum Gasteiger partial charge on any atom is 0.244 e. The normalized spacial score (nSPS) is 22.9. The molecule has 1 heterocycles. The first-order valence-corrected chi connectivity index (χ1v) is 19.3. The summed E-state index contributed by atoms with van der Waals surface area (Å²) >= 11 is 0. The highest BCUT2D eigenvalue weighted by atomic mass is 16.2. The van der Waals surface area contributed by atoms with Crippen LogP contribution in [0.25, 0.3) is 0 Å². The summed E-state index contributed by atoms with van der Waals surface area (Å²) in [5, 5.41) is 14.0. The molecule has 4 unspecified atom stereocenters. The molecule has 13 heteroatoms. The van der Waals surface area contributed by atoms with Gasteiger partial charge in [0, 0.05) is 36.2 Å². The SMILES string of the molecule is [NH3+]CCCCC1NC(=O)C=CC(=O)NC(C=O)CCCCNC(=O)C(Cc2ccc(C(=O)c3ccccc3)cc2)NC(=O)C(CC2CCCCC2)NC1=O. The Labute approximate surface area is 317 Å². The van der Waals surface area contributed by atoms with Crippen molar-refractivity contribution in [3.05, 3.63) is 83.4 Å². The molecule has 2 aromatic carbocycles. The average molecular weight is 744 g/mol. The van der Waals surface area contributed by atoms with Crippen LogP contribution in [-0.4, -0.2) is 78.9 Å². The third-order valence-corrected chi connectivity index (χ3v) is 10.00. The zero-order valence-corrected chi connectivity index (χ0v) is 31.0. The first kappa shape index (κ1) is 41.6. The number of carbonyl (C=O) groups is 7. The number of aldehydes is 1. The number of amides is 5. The summed E-state index contributed by atoms with van der Waals surface area (Å²) in [7, 11) is 0. The highest BCUT2D eigenvalue weighted by molar-refractivity contribution is 6.09. The van der Waals surface area contributed by atoms with Crippen LogP contribution in [-0.2, 0) is 35.2 Å². The highest BCUT2D eigenvalue weighted by Gasteiger charge is 2.32. The third kappa shape index (κ3) is 13.7. The van der Waals surface area contributed by atoms with Crippen LogP contribution in [0.3, 0.4) is 0 Å². The second kappa shape index (κ2) is 22.1. The van der Waals surface area contributed by atoms with Crippen molar-refractivity contribution in [2.45, 2.75) is 108 Å². The van der Waals surface area contributed by atoms with E-state index in [4.69, 9.17) is 0 Å². The molecule has 54 heavy (non-hydrogen) atoms. The Kier molecular flexibility index (Phi) is 17.1. The van der Waals surface area contributed by atoms with Crippen molar-refractivity contribution in [2.75, 3.05) is 13.1 Å². The van der Waals surface area contributed by atoms with Gasteiger partial charge in [-0.3, -0.25) is 28.8 Å². The molecule has 0 aromatic heterocycles. The highest BCUT2D eigenvalue weighted by Crippen LogP contribution is 2.27. The van der Waals surface area contributed by atoms with Gasteiger partial charge in [0.25, 0.3) is 0 Å². The lowest BCUT2D eigenvalue weighted by Crippen LogP contribution is -2.57. The van der Waals surface area contributed by atoms with E-state index in [1.807, 2.05) is 6.07 Å². The molecule has 2 aliphatic rings. The number of hydrogen-bond acceptors (Lipinski definition) is 7. The van der Waals surface area contributed by atoms with Crippen LogP contribution in [0.15, 0.2) is 66.7 Å². The molecule has 0 saturated heterocycles. The average Bonchev–Trinajstić information content (AvgIpc) is 3.18. The Bertz CT molecular complexity index is 1610. The fourth-order valence-electron chi connectivity index (χ4n) is 6.92. The van der Waals surface area contributed by atoms with Crippen LogP contribution in [0.5, 0.6) is 0 Å². The number of ketones is 1. The zero-order chi connectivity index (χ0) is 38.7. The number of quaternary nitrogens is 1. The number of carbonyl (C=O) groups excluding carboxylic acids is 7. The molecule has 1 saturated carbocycles. The minimum absolute atomic E-state index is 0.122. The standard InChI is InChI=1S/C41H54N6O7/c42-23-9-7-16-33-40(53)47-35(25-28-11-3-1-4-12-28)41(54)46-34(26-29-17-19-31(20-18-29)38(51)30-13-5-2-6-14-30)39(52)43-24-10-8-15-32(27-48)44-36(49)21-22-37(50)45-33/h2,5-6,13-14,17-22,27-28,32-35H,1,3-4,7-12,15-16,23-26,42H2,(H,43,52)(H,44,49)(H,45,50)(H,46,54)(H,47,53)/p+1. The summed E-state index contributed by atoms with van der Waals surface area (Å²) in [5.41, 5.74) is 5.62. The molecule has 0 bridgehead atoms. The molecule has 1 aliphatic carbocycles. The molecule has 2 aromatic rings. The molecule has 0 spiro atoms. The van der Waals surface area contributed by atoms with Gasteiger partial charge in [-0.1, -0.05) is 86.7 Å². The number of hydrogen-bond donors (Lipinski definition) is 6. The van der Waals surface area contributed by atoms with E-state index in [2.05, 4.69) is 32.3 Å². The van der Waals surface area contributed by atoms with E-state index in [1.165, 1.54) is 0 Å². The van der Waals surface area contributed by atoms with Crippen molar-refractivity contribution in [1.82, 2.24) is 26.6 Å². The number of unbranched alkanes of at least 4 members (excludes halogenated alkanes) is 1. The molecule has 1 fully saturated rings. The van der Waals surface area contributed by atoms with E-state index in [0.29, 0.717) is 61.6 Å². The lowest BCUT2D eigenvalue weighted by Gasteiger charge is -2.29. The van der Waals surface area contributed by atoms with E-state index in [0.717, 1.165) is 50.7 Å². The second-order valence-electron chi connectivity index (χ2n) is 14.2.